The molecule has 1 saturated heterocycles. The summed E-state index contributed by atoms with van der Waals surface area (Å²) in [6, 6.07) is 5.40. The number of nitrogen functional groups attached to an aromatic ring is 1. The van der Waals surface area contributed by atoms with Gasteiger partial charge in [0.05, 0.1) is 6.61 Å². The van der Waals surface area contributed by atoms with Crippen LogP contribution in [0.4, 0.5) is 5.69 Å². The second-order valence-corrected chi connectivity index (χ2v) is 5.68. The summed E-state index contributed by atoms with van der Waals surface area (Å²) < 4.78 is 5.56. The lowest BCUT2D eigenvalue weighted by atomic mass is 9.92. The van der Waals surface area contributed by atoms with E-state index in [0.717, 1.165) is 31.8 Å². The summed E-state index contributed by atoms with van der Waals surface area (Å²) in [5.74, 6) is 1.36. The van der Waals surface area contributed by atoms with Gasteiger partial charge in [0.1, 0.15) is 11.3 Å². The summed E-state index contributed by atoms with van der Waals surface area (Å²) in [5, 5.41) is 0. The monoisotopic (exact) mass is 290 g/mol. The number of hydrogen-bond acceptors (Lipinski definition) is 3. The molecule has 1 aromatic carbocycles. The lowest BCUT2D eigenvalue weighted by Gasteiger charge is -2.32. The standard InChI is InChI=1S/C17H26N2O2/c1-3-6-13-9-11-19(12-10-13)17(20)16-14(18)7-5-8-15(16)21-4-2/h5,7-8,13H,3-4,6,9-12,18H2,1-2H3. The molecule has 116 valence electrons. The average Bonchev–Trinajstić information content (AvgIpc) is 2.48. The molecular weight excluding hydrogens is 264 g/mol. The Kier molecular flexibility index (Phi) is 5.48. The van der Waals surface area contributed by atoms with Crippen molar-refractivity contribution in [3.8, 4) is 5.75 Å². The van der Waals surface area contributed by atoms with Gasteiger partial charge in [0.15, 0.2) is 0 Å². The van der Waals surface area contributed by atoms with Crippen molar-refractivity contribution in [3.05, 3.63) is 23.8 Å². The number of benzene rings is 1. The second-order valence-electron chi connectivity index (χ2n) is 5.68. The first kappa shape index (κ1) is 15.7. The zero-order valence-corrected chi connectivity index (χ0v) is 13.1. The van der Waals surface area contributed by atoms with Crippen molar-refractivity contribution in [2.45, 2.75) is 39.5 Å². The van der Waals surface area contributed by atoms with E-state index in [9.17, 15) is 4.79 Å². The Balaban J connectivity index is 2.10. The maximum absolute atomic E-state index is 12.7. The van der Waals surface area contributed by atoms with Crippen molar-refractivity contribution in [2.24, 2.45) is 5.92 Å². The Bertz CT molecular complexity index is 480. The van der Waals surface area contributed by atoms with E-state index in [1.54, 1.807) is 6.07 Å². The Hall–Kier alpha value is -1.71. The van der Waals surface area contributed by atoms with Crippen molar-refractivity contribution in [3.63, 3.8) is 0 Å². The molecular formula is C17H26N2O2. The maximum Gasteiger partial charge on any atom is 0.259 e. The normalized spacial score (nSPS) is 16.0. The van der Waals surface area contributed by atoms with Crippen LogP contribution in [0.15, 0.2) is 18.2 Å². The molecule has 1 fully saturated rings. The zero-order valence-electron chi connectivity index (χ0n) is 13.1. The van der Waals surface area contributed by atoms with Crippen LogP contribution in [0.1, 0.15) is 49.9 Å². The number of rotatable bonds is 5. The SMILES string of the molecule is CCCC1CCN(C(=O)c2c(N)cccc2OCC)CC1. The van der Waals surface area contributed by atoms with E-state index >= 15 is 0 Å². The van der Waals surface area contributed by atoms with Crippen LogP contribution in [-0.2, 0) is 0 Å². The molecule has 0 aromatic heterocycles. The number of carbonyl (C=O) groups is 1. The third-order valence-electron chi connectivity index (χ3n) is 4.17. The highest BCUT2D eigenvalue weighted by molar-refractivity contribution is 6.01. The van der Waals surface area contributed by atoms with Crippen LogP contribution >= 0.6 is 0 Å². The molecule has 4 nitrogen and oxygen atoms in total. The molecule has 0 spiro atoms. The van der Waals surface area contributed by atoms with E-state index in [4.69, 9.17) is 10.5 Å². The molecule has 0 atom stereocenters. The summed E-state index contributed by atoms with van der Waals surface area (Å²) in [6.07, 6.45) is 4.67. The Morgan fingerprint density at radius 1 is 1.33 bits per heavy atom. The predicted molar refractivity (Wildman–Crippen MR) is 85.6 cm³/mol. The topological polar surface area (TPSA) is 55.6 Å². The van der Waals surface area contributed by atoms with E-state index in [1.807, 2.05) is 24.0 Å². The van der Waals surface area contributed by atoms with Crippen LogP contribution in [0.25, 0.3) is 0 Å². The molecule has 21 heavy (non-hydrogen) atoms. The van der Waals surface area contributed by atoms with Crippen LogP contribution in [0, 0.1) is 5.92 Å². The number of carbonyl (C=O) groups excluding carboxylic acids is 1. The lowest BCUT2D eigenvalue weighted by molar-refractivity contribution is 0.0683. The Morgan fingerprint density at radius 3 is 2.67 bits per heavy atom. The van der Waals surface area contributed by atoms with Gasteiger partial charge in [-0.1, -0.05) is 25.8 Å². The van der Waals surface area contributed by atoms with E-state index < -0.39 is 0 Å². The van der Waals surface area contributed by atoms with Crippen molar-refractivity contribution >= 4 is 11.6 Å². The summed E-state index contributed by atoms with van der Waals surface area (Å²) in [5.41, 5.74) is 7.03. The fourth-order valence-electron chi connectivity index (χ4n) is 3.04. The second kappa shape index (κ2) is 7.34. The molecule has 1 aromatic rings. The summed E-state index contributed by atoms with van der Waals surface area (Å²) >= 11 is 0. The molecule has 0 saturated carbocycles. The number of likely N-dealkylation sites (tertiary alicyclic amines) is 1. The van der Waals surface area contributed by atoms with Gasteiger partial charge in [-0.3, -0.25) is 4.79 Å². The molecule has 1 amide bonds. The highest BCUT2D eigenvalue weighted by Gasteiger charge is 2.26. The number of nitrogens with zero attached hydrogens (tertiary/aromatic N) is 1. The summed E-state index contributed by atoms with van der Waals surface area (Å²) in [6.45, 7) is 6.30. The number of hydrogen-bond donors (Lipinski definition) is 1. The quantitative estimate of drug-likeness (QED) is 0.846. The van der Waals surface area contributed by atoms with Crippen LogP contribution in [-0.4, -0.2) is 30.5 Å². The molecule has 1 aliphatic heterocycles. The molecule has 4 heteroatoms. The number of anilines is 1. The number of amides is 1. The van der Waals surface area contributed by atoms with Gasteiger partial charge < -0.3 is 15.4 Å². The van der Waals surface area contributed by atoms with Crippen LogP contribution in [0.2, 0.25) is 0 Å². The first-order valence-corrected chi connectivity index (χ1v) is 7.97. The fraction of sp³-hybridized carbons (Fsp3) is 0.588. The largest absolute Gasteiger partial charge is 0.493 e. The van der Waals surface area contributed by atoms with Gasteiger partial charge in [0.2, 0.25) is 0 Å². The van der Waals surface area contributed by atoms with Gasteiger partial charge in [0, 0.05) is 18.8 Å². The molecule has 1 heterocycles. The van der Waals surface area contributed by atoms with Crippen LogP contribution in [0.5, 0.6) is 5.75 Å². The van der Waals surface area contributed by atoms with Crippen molar-refractivity contribution in [1.82, 2.24) is 4.90 Å². The van der Waals surface area contributed by atoms with Gasteiger partial charge in [-0.05, 0) is 37.8 Å². The molecule has 0 bridgehead atoms. The van der Waals surface area contributed by atoms with E-state index in [2.05, 4.69) is 6.92 Å². The van der Waals surface area contributed by atoms with Crippen molar-refractivity contribution < 1.29 is 9.53 Å². The fourth-order valence-corrected chi connectivity index (χ4v) is 3.04. The third kappa shape index (κ3) is 3.69. The van der Waals surface area contributed by atoms with E-state index in [1.165, 1.54) is 12.8 Å². The smallest absolute Gasteiger partial charge is 0.259 e. The first-order chi connectivity index (χ1) is 10.2. The highest BCUT2D eigenvalue weighted by atomic mass is 16.5. The van der Waals surface area contributed by atoms with E-state index in [-0.39, 0.29) is 5.91 Å². The number of piperidine rings is 1. The minimum atomic E-state index is 0.00602. The molecule has 0 aliphatic carbocycles. The van der Waals surface area contributed by atoms with E-state index in [0.29, 0.717) is 23.6 Å². The molecule has 0 radical (unpaired) electrons. The summed E-state index contributed by atoms with van der Waals surface area (Å²) in [4.78, 5) is 14.7. The zero-order chi connectivity index (χ0) is 15.2. The van der Waals surface area contributed by atoms with Crippen LogP contribution in [0.3, 0.4) is 0 Å². The first-order valence-electron chi connectivity index (χ1n) is 7.97. The highest BCUT2D eigenvalue weighted by Crippen LogP contribution is 2.29. The summed E-state index contributed by atoms with van der Waals surface area (Å²) in [7, 11) is 0. The number of ether oxygens (including phenoxy) is 1. The van der Waals surface area contributed by atoms with Gasteiger partial charge >= 0.3 is 0 Å². The molecule has 0 unspecified atom stereocenters. The van der Waals surface area contributed by atoms with Gasteiger partial charge in [-0.2, -0.15) is 0 Å². The minimum Gasteiger partial charge on any atom is -0.493 e. The Labute approximate surface area is 127 Å². The Morgan fingerprint density at radius 2 is 2.05 bits per heavy atom. The lowest BCUT2D eigenvalue weighted by Crippen LogP contribution is -2.39. The predicted octanol–water partition coefficient (Wildman–Crippen LogP) is 3.32. The number of nitrogens with two attached hydrogens (primary N) is 1. The minimum absolute atomic E-state index is 0.00602. The molecule has 2 rings (SSSR count). The van der Waals surface area contributed by atoms with Gasteiger partial charge in [-0.15, -0.1) is 0 Å². The van der Waals surface area contributed by atoms with Crippen molar-refractivity contribution in [2.75, 3.05) is 25.4 Å². The van der Waals surface area contributed by atoms with Gasteiger partial charge in [-0.25, -0.2) is 0 Å². The van der Waals surface area contributed by atoms with Gasteiger partial charge in [0.25, 0.3) is 5.91 Å². The average molecular weight is 290 g/mol. The molecule has 2 N–H and O–H groups in total. The third-order valence-corrected chi connectivity index (χ3v) is 4.17. The van der Waals surface area contributed by atoms with Crippen molar-refractivity contribution in [1.29, 1.82) is 0 Å². The maximum atomic E-state index is 12.7. The molecule has 1 aliphatic rings. The van der Waals surface area contributed by atoms with Crippen LogP contribution < -0.4 is 10.5 Å².